The third kappa shape index (κ3) is 3.07. The Morgan fingerprint density at radius 2 is 2.08 bits per heavy atom. The molecule has 1 aromatic rings. The fourth-order valence-electron chi connectivity index (χ4n) is 1.09. The lowest BCUT2D eigenvalue weighted by atomic mass is 10.2. The van der Waals surface area contributed by atoms with Crippen LogP contribution in [0.3, 0.4) is 0 Å². The first-order valence-electron chi connectivity index (χ1n) is 4.43. The van der Waals surface area contributed by atoms with E-state index in [1.807, 2.05) is 31.2 Å². The third-order valence-electron chi connectivity index (χ3n) is 1.72. The van der Waals surface area contributed by atoms with E-state index in [0.717, 1.165) is 17.7 Å². The van der Waals surface area contributed by atoms with E-state index >= 15 is 0 Å². The molecular formula is C11H15O2. The minimum absolute atomic E-state index is 0.581. The number of ether oxygens (including phenoxy) is 2. The quantitative estimate of drug-likeness (QED) is 0.647. The van der Waals surface area contributed by atoms with Gasteiger partial charge in [-0.05, 0) is 12.5 Å². The lowest BCUT2D eigenvalue weighted by Crippen LogP contribution is -1.94. The van der Waals surface area contributed by atoms with E-state index in [4.69, 9.17) is 9.47 Å². The normalized spacial score (nSPS) is 10.0. The van der Waals surface area contributed by atoms with E-state index in [0.29, 0.717) is 6.61 Å². The van der Waals surface area contributed by atoms with E-state index in [9.17, 15) is 0 Å². The molecule has 71 valence electrons. The highest BCUT2D eigenvalue weighted by Crippen LogP contribution is 2.18. The molecule has 13 heavy (non-hydrogen) atoms. The van der Waals surface area contributed by atoms with Crippen LogP contribution in [0.1, 0.15) is 18.9 Å². The number of hydrogen-bond donors (Lipinski definition) is 0. The lowest BCUT2D eigenvalue weighted by Gasteiger charge is -2.07. The number of rotatable bonds is 5. The predicted molar refractivity (Wildman–Crippen MR) is 52.4 cm³/mol. The van der Waals surface area contributed by atoms with Gasteiger partial charge in [-0.3, -0.25) is 0 Å². The molecule has 2 heteroatoms. The summed E-state index contributed by atoms with van der Waals surface area (Å²) in [6.45, 7) is 4.42. The molecule has 0 amide bonds. The molecule has 1 rings (SSSR count). The van der Waals surface area contributed by atoms with Crippen LogP contribution in [-0.2, 0) is 11.3 Å². The predicted octanol–water partition coefficient (Wildman–Crippen LogP) is 2.78. The molecule has 0 bridgehead atoms. The molecule has 1 radical (unpaired) electrons. The zero-order valence-electron chi connectivity index (χ0n) is 8.12. The minimum Gasteiger partial charge on any atom is -0.496 e. The molecule has 0 aliphatic heterocycles. The first-order chi connectivity index (χ1) is 6.38. The lowest BCUT2D eigenvalue weighted by molar-refractivity contribution is 0.178. The standard InChI is InChI=1S/C11H15O2/c1-3-8-13-9-10-6-4-5-7-11(10)12-2/h4-8H,3,9H2,1-2H3. The summed E-state index contributed by atoms with van der Waals surface area (Å²) < 4.78 is 10.5. The molecule has 0 atom stereocenters. The average molecular weight is 179 g/mol. The molecule has 0 fully saturated rings. The third-order valence-corrected chi connectivity index (χ3v) is 1.72. The van der Waals surface area contributed by atoms with Crippen molar-refractivity contribution in [3.63, 3.8) is 0 Å². The number of methoxy groups -OCH3 is 1. The molecule has 0 saturated heterocycles. The van der Waals surface area contributed by atoms with Gasteiger partial charge in [0.05, 0.1) is 20.3 Å². The summed E-state index contributed by atoms with van der Waals surface area (Å²) in [5, 5.41) is 0. The van der Waals surface area contributed by atoms with Gasteiger partial charge in [-0.2, -0.15) is 0 Å². The molecule has 0 aliphatic rings. The van der Waals surface area contributed by atoms with Crippen LogP contribution in [-0.4, -0.2) is 7.11 Å². The van der Waals surface area contributed by atoms with Crippen LogP contribution in [0.25, 0.3) is 0 Å². The Morgan fingerprint density at radius 3 is 2.77 bits per heavy atom. The summed E-state index contributed by atoms with van der Waals surface area (Å²) in [6, 6.07) is 7.87. The summed E-state index contributed by atoms with van der Waals surface area (Å²) in [4.78, 5) is 0. The molecule has 0 unspecified atom stereocenters. The van der Waals surface area contributed by atoms with E-state index in [-0.39, 0.29) is 0 Å². The van der Waals surface area contributed by atoms with Gasteiger partial charge in [-0.25, -0.2) is 0 Å². The molecule has 0 aromatic heterocycles. The molecule has 0 N–H and O–H groups in total. The van der Waals surface area contributed by atoms with Gasteiger partial charge < -0.3 is 9.47 Å². The number of hydrogen-bond acceptors (Lipinski definition) is 2. The molecular weight excluding hydrogens is 164 g/mol. The Morgan fingerprint density at radius 1 is 1.31 bits per heavy atom. The highest BCUT2D eigenvalue weighted by molar-refractivity contribution is 5.32. The van der Waals surface area contributed by atoms with Crippen LogP contribution >= 0.6 is 0 Å². The van der Waals surface area contributed by atoms with Crippen LogP contribution in [0.4, 0.5) is 0 Å². The first kappa shape index (κ1) is 10.1. The van der Waals surface area contributed by atoms with Gasteiger partial charge in [-0.15, -0.1) is 0 Å². The van der Waals surface area contributed by atoms with Crippen LogP contribution in [0, 0.1) is 6.61 Å². The Kier molecular flexibility index (Phi) is 4.33. The fraction of sp³-hybridized carbons (Fsp3) is 0.364. The maximum atomic E-state index is 5.31. The highest BCUT2D eigenvalue weighted by atomic mass is 16.5. The molecule has 0 heterocycles. The topological polar surface area (TPSA) is 18.5 Å². The summed E-state index contributed by atoms with van der Waals surface area (Å²) in [7, 11) is 1.67. The van der Waals surface area contributed by atoms with E-state index in [1.54, 1.807) is 13.7 Å². The van der Waals surface area contributed by atoms with Gasteiger partial charge in [0.2, 0.25) is 0 Å². The van der Waals surface area contributed by atoms with Gasteiger partial charge in [0.1, 0.15) is 5.75 Å². The van der Waals surface area contributed by atoms with Crippen molar-refractivity contribution in [2.24, 2.45) is 0 Å². The van der Waals surface area contributed by atoms with Crippen molar-refractivity contribution in [3.05, 3.63) is 36.4 Å². The van der Waals surface area contributed by atoms with Crippen LogP contribution in [0.5, 0.6) is 5.75 Å². The van der Waals surface area contributed by atoms with Crippen molar-refractivity contribution in [2.75, 3.05) is 7.11 Å². The second-order valence-electron chi connectivity index (χ2n) is 2.70. The SMILES string of the molecule is CC[CH]OCc1ccccc1OC. The van der Waals surface area contributed by atoms with Crippen molar-refractivity contribution in [3.8, 4) is 5.75 Å². The summed E-state index contributed by atoms with van der Waals surface area (Å²) in [5.74, 6) is 0.881. The van der Waals surface area contributed by atoms with Crippen molar-refractivity contribution in [2.45, 2.75) is 20.0 Å². The zero-order valence-corrected chi connectivity index (χ0v) is 8.12. The van der Waals surface area contributed by atoms with Crippen LogP contribution in [0.15, 0.2) is 24.3 Å². The van der Waals surface area contributed by atoms with Gasteiger partial charge in [0, 0.05) is 5.56 Å². The smallest absolute Gasteiger partial charge is 0.124 e. The van der Waals surface area contributed by atoms with Crippen molar-refractivity contribution >= 4 is 0 Å². The van der Waals surface area contributed by atoms with Gasteiger partial charge in [0.15, 0.2) is 0 Å². The molecule has 0 saturated carbocycles. The summed E-state index contributed by atoms with van der Waals surface area (Å²) in [6.07, 6.45) is 0.926. The Bertz CT molecular complexity index is 246. The first-order valence-corrected chi connectivity index (χ1v) is 4.43. The van der Waals surface area contributed by atoms with E-state index in [1.165, 1.54) is 0 Å². The van der Waals surface area contributed by atoms with E-state index < -0.39 is 0 Å². The number of benzene rings is 1. The Hall–Kier alpha value is -1.02. The van der Waals surface area contributed by atoms with Crippen molar-refractivity contribution in [1.82, 2.24) is 0 Å². The summed E-state index contributed by atoms with van der Waals surface area (Å²) >= 11 is 0. The minimum atomic E-state index is 0.581. The maximum Gasteiger partial charge on any atom is 0.124 e. The largest absolute Gasteiger partial charge is 0.496 e. The second-order valence-corrected chi connectivity index (χ2v) is 2.70. The second kappa shape index (κ2) is 5.60. The van der Waals surface area contributed by atoms with Gasteiger partial charge >= 0.3 is 0 Å². The van der Waals surface area contributed by atoms with Crippen molar-refractivity contribution in [1.29, 1.82) is 0 Å². The van der Waals surface area contributed by atoms with E-state index in [2.05, 4.69) is 0 Å². The van der Waals surface area contributed by atoms with Crippen LogP contribution in [0.2, 0.25) is 0 Å². The zero-order chi connectivity index (χ0) is 9.52. The van der Waals surface area contributed by atoms with Gasteiger partial charge in [-0.1, -0.05) is 25.1 Å². The fourth-order valence-corrected chi connectivity index (χ4v) is 1.09. The molecule has 0 aliphatic carbocycles. The Balaban J connectivity index is 2.54. The monoisotopic (exact) mass is 179 g/mol. The average Bonchev–Trinajstić information content (AvgIpc) is 2.19. The van der Waals surface area contributed by atoms with Gasteiger partial charge in [0.25, 0.3) is 0 Å². The summed E-state index contributed by atoms with van der Waals surface area (Å²) in [5.41, 5.74) is 1.08. The van der Waals surface area contributed by atoms with Crippen molar-refractivity contribution < 1.29 is 9.47 Å². The highest BCUT2D eigenvalue weighted by Gasteiger charge is 2.00. The molecule has 0 spiro atoms. The Labute approximate surface area is 79.5 Å². The molecule has 2 nitrogen and oxygen atoms in total. The molecule has 1 aromatic carbocycles. The van der Waals surface area contributed by atoms with Crippen LogP contribution < -0.4 is 4.74 Å². The maximum absolute atomic E-state index is 5.31. The number of para-hydroxylation sites is 1.